The second-order valence-electron chi connectivity index (χ2n) is 11.3. The smallest absolute Gasteiger partial charge is 0.251 e. The van der Waals surface area contributed by atoms with Crippen molar-refractivity contribution in [3.63, 3.8) is 0 Å². The van der Waals surface area contributed by atoms with Gasteiger partial charge in [-0.3, -0.25) is 18.2 Å². The summed E-state index contributed by atoms with van der Waals surface area (Å²) >= 11 is 7.04. The summed E-state index contributed by atoms with van der Waals surface area (Å²) in [6.45, 7) is 1.41. The average molecular weight is 722 g/mol. The Morgan fingerprint density at radius 3 is 2.33 bits per heavy atom. The molecular formula is C32H39Br2N3O4S. The lowest BCUT2D eigenvalue weighted by atomic mass is 9.94. The van der Waals surface area contributed by atoms with Crippen molar-refractivity contribution < 1.29 is 19.0 Å². The van der Waals surface area contributed by atoms with E-state index in [1.165, 1.54) is 0 Å². The molecule has 0 spiro atoms. The van der Waals surface area contributed by atoms with Crippen LogP contribution in [0, 0.1) is 0 Å². The minimum absolute atomic E-state index is 0.275. The van der Waals surface area contributed by atoms with Crippen LogP contribution in [-0.4, -0.2) is 51.1 Å². The van der Waals surface area contributed by atoms with Gasteiger partial charge in [0.2, 0.25) is 0 Å². The van der Waals surface area contributed by atoms with E-state index in [0.717, 1.165) is 51.3 Å². The van der Waals surface area contributed by atoms with Crippen LogP contribution >= 0.6 is 42.6 Å². The number of hydrogen-bond donors (Lipinski definition) is 5. The molecule has 0 unspecified atom stereocenters. The standard InChI is InChI=1S/C32H39Br2N3O4S/c33-27-13-23(14-28(34)19-27)20-35-21-31(38)30(15-22-7-2-1-3-8-22)36-32(39)26-16-25(24-9-4-5-10-24)17-29(18-26)37-11-6-12-42(37,40)41/h1-3,7-8,13-14,16-19,24,30-31,35,38,40-41H,4-6,9-12,15,20-21H2,(H,36,39)/t30-,31-/m0/s1. The van der Waals surface area contributed by atoms with Crippen molar-refractivity contribution in [2.75, 3.05) is 23.1 Å². The Balaban J connectivity index is 1.35. The molecule has 1 saturated carbocycles. The van der Waals surface area contributed by atoms with Gasteiger partial charge >= 0.3 is 0 Å². The summed E-state index contributed by atoms with van der Waals surface area (Å²) in [7, 11) is -2.89. The quantitative estimate of drug-likeness (QED) is 0.143. The number of anilines is 1. The third-order valence-corrected chi connectivity index (χ3v) is 11.0. The number of aliphatic hydroxyl groups is 1. The summed E-state index contributed by atoms with van der Waals surface area (Å²) < 4.78 is 25.0. The van der Waals surface area contributed by atoms with Crippen LogP contribution in [0.15, 0.2) is 75.7 Å². The molecule has 42 heavy (non-hydrogen) atoms. The van der Waals surface area contributed by atoms with Crippen molar-refractivity contribution in [1.29, 1.82) is 0 Å². The molecule has 0 bridgehead atoms. The van der Waals surface area contributed by atoms with Crippen LogP contribution < -0.4 is 14.9 Å². The molecule has 3 aromatic carbocycles. The Bertz CT molecular complexity index is 1350. The summed E-state index contributed by atoms with van der Waals surface area (Å²) in [5.41, 5.74) is 4.32. The molecule has 5 rings (SSSR count). The van der Waals surface area contributed by atoms with Crippen LogP contribution in [0.2, 0.25) is 0 Å². The Morgan fingerprint density at radius 1 is 0.952 bits per heavy atom. The Kier molecular flexibility index (Phi) is 10.7. The number of amides is 1. The number of nitrogens with zero attached hydrogens (tertiary/aromatic N) is 1. The second-order valence-corrected chi connectivity index (χ2v) is 15.3. The molecular weight excluding hydrogens is 682 g/mol. The first-order valence-electron chi connectivity index (χ1n) is 14.5. The Labute approximate surface area is 266 Å². The fraction of sp³-hybridized carbons (Fsp3) is 0.406. The third-order valence-electron chi connectivity index (χ3n) is 8.13. The van der Waals surface area contributed by atoms with Crippen molar-refractivity contribution in [3.05, 3.63) is 97.9 Å². The highest BCUT2D eigenvalue weighted by molar-refractivity contribution is 9.11. The third kappa shape index (κ3) is 8.16. The van der Waals surface area contributed by atoms with E-state index in [4.69, 9.17) is 0 Å². The van der Waals surface area contributed by atoms with Gasteiger partial charge in [0, 0.05) is 34.1 Å². The zero-order valence-corrected chi connectivity index (χ0v) is 27.5. The lowest BCUT2D eigenvalue weighted by Gasteiger charge is -2.38. The van der Waals surface area contributed by atoms with Crippen molar-refractivity contribution in [3.8, 4) is 0 Å². The average Bonchev–Trinajstić information content (AvgIpc) is 3.62. The zero-order valence-electron chi connectivity index (χ0n) is 23.5. The van der Waals surface area contributed by atoms with E-state index >= 15 is 0 Å². The van der Waals surface area contributed by atoms with Crippen molar-refractivity contribution in [1.82, 2.24) is 10.6 Å². The first-order valence-corrected chi connectivity index (χ1v) is 17.8. The molecule has 1 heterocycles. The Hall–Kier alpha value is -1.92. The van der Waals surface area contributed by atoms with Gasteiger partial charge in [-0.1, -0.05) is 75.0 Å². The zero-order chi connectivity index (χ0) is 29.7. The molecule has 3 aromatic rings. The second kappa shape index (κ2) is 14.2. The predicted octanol–water partition coefficient (Wildman–Crippen LogP) is 7.24. The lowest BCUT2D eigenvalue weighted by molar-refractivity contribution is 0.0830. The van der Waals surface area contributed by atoms with Crippen LogP contribution in [0.5, 0.6) is 0 Å². The fourth-order valence-corrected chi connectivity index (χ4v) is 8.97. The van der Waals surface area contributed by atoms with Crippen LogP contribution in [-0.2, 0) is 13.0 Å². The maximum atomic E-state index is 13.8. The molecule has 2 atom stereocenters. The van der Waals surface area contributed by atoms with Crippen molar-refractivity contribution in [2.24, 2.45) is 0 Å². The first kappa shape index (κ1) is 31.5. The highest BCUT2D eigenvalue weighted by atomic mass is 79.9. The van der Waals surface area contributed by atoms with Gasteiger partial charge in [-0.2, -0.15) is 0 Å². The van der Waals surface area contributed by atoms with Crippen molar-refractivity contribution >= 4 is 54.2 Å². The SMILES string of the molecule is O=C(N[C@@H](Cc1ccccc1)[C@@H](O)CNCc1cc(Br)cc(Br)c1)c1cc(C2CCCC2)cc(N2CCCS2(O)O)c1. The summed E-state index contributed by atoms with van der Waals surface area (Å²) in [6.07, 6.45) is 4.78. The number of carbonyl (C=O) groups is 1. The van der Waals surface area contributed by atoms with Crippen LogP contribution in [0.1, 0.15) is 65.1 Å². The summed E-state index contributed by atoms with van der Waals surface area (Å²) in [5, 5.41) is 17.8. The van der Waals surface area contributed by atoms with E-state index < -0.39 is 22.9 Å². The minimum atomic E-state index is -2.89. The van der Waals surface area contributed by atoms with E-state index in [2.05, 4.69) is 42.5 Å². The summed E-state index contributed by atoms with van der Waals surface area (Å²) in [5.74, 6) is 0.425. The summed E-state index contributed by atoms with van der Waals surface area (Å²) in [4.78, 5) is 13.8. The molecule has 5 N–H and O–H groups in total. The molecule has 226 valence electrons. The van der Waals surface area contributed by atoms with Crippen LogP contribution in [0.4, 0.5) is 5.69 Å². The maximum absolute atomic E-state index is 13.8. The lowest BCUT2D eigenvalue weighted by Crippen LogP contribution is -2.48. The number of nitrogens with one attached hydrogen (secondary N) is 2. The minimum Gasteiger partial charge on any atom is -0.390 e. The molecule has 1 amide bonds. The van der Waals surface area contributed by atoms with Crippen molar-refractivity contribution in [2.45, 2.75) is 63.1 Å². The number of benzene rings is 3. The summed E-state index contributed by atoms with van der Waals surface area (Å²) in [6, 6.07) is 21.1. The molecule has 0 radical (unpaired) electrons. The molecule has 10 heteroatoms. The molecule has 1 aliphatic carbocycles. The van der Waals surface area contributed by atoms with Gasteiger partial charge in [0.05, 0.1) is 23.6 Å². The maximum Gasteiger partial charge on any atom is 0.251 e. The van der Waals surface area contributed by atoms with Gasteiger partial charge in [-0.25, -0.2) is 0 Å². The van der Waals surface area contributed by atoms with E-state index in [-0.39, 0.29) is 5.91 Å². The van der Waals surface area contributed by atoms with E-state index in [9.17, 15) is 19.0 Å². The van der Waals surface area contributed by atoms with Gasteiger partial charge in [-0.15, -0.1) is 10.8 Å². The number of rotatable bonds is 11. The molecule has 7 nitrogen and oxygen atoms in total. The van der Waals surface area contributed by atoms with E-state index in [1.54, 1.807) is 10.4 Å². The molecule has 1 aliphatic heterocycles. The van der Waals surface area contributed by atoms with Gasteiger partial charge in [0.15, 0.2) is 0 Å². The fourth-order valence-electron chi connectivity index (χ4n) is 5.98. The largest absolute Gasteiger partial charge is 0.390 e. The van der Waals surface area contributed by atoms with E-state index in [1.807, 2.05) is 60.7 Å². The first-order chi connectivity index (χ1) is 20.2. The number of aliphatic hydroxyl groups excluding tert-OH is 1. The van der Waals surface area contributed by atoms with Gasteiger partial charge in [-0.05, 0) is 84.7 Å². The predicted molar refractivity (Wildman–Crippen MR) is 178 cm³/mol. The number of carbonyl (C=O) groups excluding carboxylic acids is 1. The van der Waals surface area contributed by atoms with E-state index in [0.29, 0.717) is 55.4 Å². The van der Waals surface area contributed by atoms with Gasteiger partial charge in [0.25, 0.3) is 5.91 Å². The highest BCUT2D eigenvalue weighted by Gasteiger charge is 2.31. The van der Waals surface area contributed by atoms with Crippen LogP contribution in [0.25, 0.3) is 0 Å². The van der Waals surface area contributed by atoms with Crippen LogP contribution in [0.3, 0.4) is 0 Å². The van der Waals surface area contributed by atoms with Gasteiger partial charge < -0.3 is 15.7 Å². The molecule has 2 fully saturated rings. The van der Waals surface area contributed by atoms with Gasteiger partial charge in [0.1, 0.15) is 0 Å². The Morgan fingerprint density at radius 2 is 1.67 bits per heavy atom. The molecule has 1 saturated heterocycles. The highest BCUT2D eigenvalue weighted by Crippen LogP contribution is 2.51. The monoisotopic (exact) mass is 719 g/mol. The normalized spacial score (nSPS) is 19.0. The number of halogens is 2. The molecule has 2 aliphatic rings. The number of hydrogen-bond acceptors (Lipinski definition) is 6. The topological polar surface area (TPSA) is 105 Å². The molecule has 0 aromatic heterocycles.